The molecule has 0 fully saturated rings. The van der Waals surface area contributed by atoms with Crippen molar-refractivity contribution in [3.8, 4) is 5.75 Å². The molecular weight excluding hydrogens is 192 g/mol. The van der Waals surface area contributed by atoms with E-state index in [1.165, 1.54) is 0 Å². The number of aliphatic hydroxyl groups excluding tert-OH is 2. The van der Waals surface area contributed by atoms with Crippen LogP contribution < -0.4 is 4.74 Å². The zero-order chi connectivity index (χ0) is 9.68. The first-order valence-electron chi connectivity index (χ1n) is 3.94. The summed E-state index contributed by atoms with van der Waals surface area (Å²) < 4.78 is 5.05. The topological polar surface area (TPSA) is 49.7 Å². The van der Waals surface area contributed by atoms with Crippen LogP contribution >= 0.6 is 11.6 Å². The minimum Gasteiger partial charge on any atom is -0.464 e. The first kappa shape index (κ1) is 10.3. The largest absolute Gasteiger partial charge is 0.464 e. The maximum atomic E-state index is 9.19. The van der Waals surface area contributed by atoms with Gasteiger partial charge in [0.2, 0.25) is 0 Å². The van der Waals surface area contributed by atoms with Gasteiger partial charge in [-0.3, -0.25) is 0 Å². The van der Waals surface area contributed by atoms with E-state index in [1.807, 2.05) is 0 Å². The first-order valence-corrected chi connectivity index (χ1v) is 4.32. The first-order chi connectivity index (χ1) is 6.24. The van der Waals surface area contributed by atoms with Crippen LogP contribution in [0.2, 0.25) is 5.02 Å². The Labute approximate surface area is 81.5 Å². The van der Waals surface area contributed by atoms with Crippen LogP contribution in [0, 0.1) is 0 Å². The van der Waals surface area contributed by atoms with E-state index < -0.39 is 6.29 Å². The average Bonchev–Trinajstić information content (AvgIpc) is 2.09. The van der Waals surface area contributed by atoms with E-state index >= 15 is 0 Å². The van der Waals surface area contributed by atoms with Gasteiger partial charge in [-0.1, -0.05) is 23.7 Å². The summed E-state index contributed by atoms with van der Waals surface area (Å²) in [6.07, 6.45) is -0.838. The molecule has 0 saturated heterocycles. The molecule has 3 nitrogen and oxygen atoms in total. The minimum atomic E-state index is -1.01. The van der Waals surface area contributed by atoms with Gasteiger partial charge in [-0.15, -0.1) is 0 Å². The number of hydrogen-bond acceptors (Lipinski definition) is 3. The van der Waals surface area contributed by atoms with E-state index in [-0.39, 0.29) is 13.0 Å². The monoisotopic (exact) mass is 202 g/mol. The molecule has 1 aromatic rings. The van der Waals surface area contributed by atoms with Crippen molar-refractivity contribution in [3.63, 3.8) is 0 Å². The highest BCUT2D eigenvalue weighted by molar-refractivity contribution is 6.32. The zero-order valence-corrected chi connectivity index (χ0v) is 7.74. The van der Waals surface area contributed by atoms with Gasteiger partial charge in [-0.05, 0) is 12.1 Å². The molecule has 4 heteroatoms. The highest BCUT2D eigenvalue weighted by atomic mass is 35.5. The van der Waals surface area contributed by atoms with Crippen molar-refractivity contribution in [2.24, 2.45) is 0 Å². The highest BCUT2D eigenvalue weighted by Gasteiger charge is 2.06. The quantitative estimate of drug-likeness (QED) is 0.727. The molecule has 0 aromatic heterocycles. The molecule has 0 saturated carbocycles. The van der Waals surface area contributed by atoms with Gasteiger partial charge in [0, 0.05) is 13.0 Å². The van der Waals surface area contributed by atoms with Gasteiger partial charge in [0.1, 0.15) is 5.75 Å². The lowest BCUT2D eigenvalue weighted by Crippen LogP contribution is -2.16. The van der Waals surface area contributed by atoms with Crippen molar-refractivity contribution in [1.82, 2.24) is 0 Å². The molecule has 1 unspecified atom stereocenters. The summed E-state index contributed by atoms with van der Waals surface area (Å²) in [7, 11) is 0. The molecule has 13 heavy (non-hydrogen) atoms. The fourth-order valence-electron chi connectivity index (χ4n) is 0.856. The summed E-state index contributed by atoms with van der Waals surface area (Å²) in [6, 6.07) is 6.85. The van der Waals surface area contributed by atoms with Crippen LogP contribution in [0.3, 0.4) is 0 Å². The number of aliphatic hydroxyl groups is 2. The van der Waals surface area contributed by atoms with Gasteiger partial charge in [0.05, 0.1) is 5.02 Å². The van der Waals surface area contributed by atoms with Crippen LogP contribution in [0.5, 0.6) is 5.75 Å². The van der Waals surface area contributed by atoms with Gasteiger partial charge in [-0.25, -0.2) is 0 Å². The maximum absolute atomic E-state index is 9.19. The lowest BCUT2D eigenvalue weighted by atomic mass is 10.3. The minimum absolute atomic E-state index is 0.119. The fraction of sp³-hybridized carbons (Fsp3) is 0.333. The Kier molecular flexibility index (Phi) is 4.02. The molecule has 1 atom stereocenters. The van der Waals surface area contributed by atoms with Crippen LogP contribution in [-0.4, -0.2) is 23.1 Å². The standard InChI is InChI=1S/C9H11ClO3/c10-7-3-1-2-4-8(7)13-9(12)5-6-11/h1-4,9,11-12H,5-6H2. The third kappa shape index (κ3) is 3.22. The van der Waals surface area contributed by atoms with Crippen molar-refractivity contribution < 1.29 is 14.9 Å². The Morgan fingerprint density at radius 3 is 2.69 bits per heavy atom. The van der Waals surface area contributed by atoms with Crippen molar-refractivity contribution >= 4 is 11.6 Å². The van der Waals surface area contributed by atoms with Crippen LogP contribution in [0.15, 0.2) is 24.3 Å². The molecule has 0 radical (unpaired) electrons. The summed E-state index contributed by atoms with van der Waals surface area (Å²) in [5.74, 6) is 0.421. The Balaban J connectivity index is 2.58. The Bertz CT molecular complexity index is 265. The summed E-state index contributed by atoms with van der Waals surface area (Å²) >= 11 is 5.77. The van der Waals surface area contributed by atoms with E-state index in [1.54, 1.807) is 24.3 Å². The summed E-state index contributed by atoms with van der Waals surface area (Å²) in [5, 5.41) is 18.1. The van der Waals surface area contributed by atoms with Crippen LogP contribution in [-0.2, 0) is 0 Å². The molecule has 72 valence electrons. The Morgan fingerprint density at radius 1 is 1.38 bits per heavy atom. The molecule has 2 N–H and O–H groups in total. The summed E-state index contributed by atoms with van der Waals surface area (Å²) in [6.45, 7) is -0.119. The third-order valence-electron chi connectivity index (χ3n) is 1.48. The normalized spacial score (nSPS) is 12.5. The number of ether oxygens (including phenoxy) is 1. The number of rotatable bonds is 4. The number of halogens is 1. The second kappa shape index (κ2) is 5.07. The fourth-order valence-corrected chi connectivity index (χ4v) is 1.04. The molecule has 1 rings (SSSR count). The van der Waals surface area contributed by atoms with Gasteiger partial charge < -0.3 is 14.9 Å². The van der Waals surface area contributed by atoms with E-state index in [0.29, 0.717) is 10.8 Å². The number of hydrogen-bond donors (Lipinski definition) is 2. The molecule has 0 amide bonds. The predicted molar refractivity (Wildman–Crippen MR) is 49.8 cm³/mol. The lowest BCUT2D eigenvalue weighted by molar-refractivity contribution is -0.0326. The van der Waals surface area contributed by atoms with E-state index in [9.17, 15) is 5.11 Å². The van der Waals surface area contributed by atoms with E-state index in [2.05, 4.69) is 0 Å². The summed E-state index contributed by atoms with van der Waals surface area (Å²) in [4.78, 5) is 0. The van der Waals surface area contributed by atoms with E-state index in [0.717, 1.165) is 0 Å². The van der Waals surface area contributed by atoms with Crippen LogP contribution in [0.1, 0.15) is 6.42 Å². The predicted octanol–water partition coefficient (Wildman–Crippen LogP) is 1.42. The molecule has 0 heterocycles. The molecular formula is C9H11ClO3. The third-order valence-corrected chi connectivity index (χ3v) is 1.79. The number of para-hydroxylation sites is 1. The second-order valence-electron chi connectivity index (χ2n) is 2.52. The van der Waals surface area contributed by atoms with E-state index in [4.69, 9.17) is 21.4 Å². The molecule has 0 aliphatic heterocycles. The Hall–Kier alpha value is -0.770. The van der Waals surface area contributed by atoms with Gasteiger partial charge in [0.25, 0.3) is 0 Å². The maximum Gasteiger partial charge on any atom is 0.199 e. The van der Waals surface area contributed by atoms with Crippen molar-refractivity contribution in [3.05, 3.63) is 29.3 Å². The van der Waals surface area contributed by atoms with Gasteiger partial charge in [0.15, 0.2) is 6.29 Å². The van der Waals surface area contributed by atoms with Gasteiger partial charge >= 0.3 is 0 Å². The SMILES string of the molecule is OCCC(O)Oc1ccccc1Cl. The highest BCUT2D eigenvalue weighted by Crippen LogP contribution is 2.24. The van der Waals surface area contributed by atoms with Gasteiger partial charge in [-0.2, -0.15) is 0 Å². The Morgan fingerprint density at radius 2 is 2.08 bits per heavy atom. The summed E-state index contributed by atoms with van der Waals surface area (Å²) in [5.41, 5.74) is 0. The van der Waals surface area contributed by atoms with Crippen molar-refractivity contribution in [2.75, 3.05) is 6.61 Å². The molecule has 0 aliphatic rings. The molecule has 1 aromatic carbocycles. The zero-order valence-electron chi connectivity index (χ0n) is 6.98. The number of benzene rings is 1. The van der Waals surface area contributed by atoms with Crippen molar-refractivity contribution in [1.29, 1.82) is 0 Å². The van der Waals surface area contributed by atoms with Crippen LogP contribution in [0.4, 0.5) is 0 Å². The average molecular weight is 203 g/mol. The van der Waals surface area contributed by atoms with Crippen LogP contribution in [0.25, 0.3) is 0 Å². The molecule has 0 aliphatic carbocycles. The smallest absolute Gasteiger partial charge is 0.199 e. The molecule has 0 bridgehead atoms. The lowest BCUT2D eigenvalue weighted by Gasteiger charge is -2.12. The second-order valence-corrected chi connectivity index (χ2v) is 2.92. The molecule has 0 spiro atoms. The van der Waals surface area contributed by atoms with Crippen molar-refractivity contribution in [2.45, 2.75) is 12.7 Å².